The van der Waals surface area contributed by atoms with Crippen molar-refractivity contribution in [3.05, 3.63) is 60.2 Å². The number of amides is 1. The highest BCUT2D eigenvalue weighted by molar-refractivity contribution is 14.0. The Morgan fingerprint density at radius 2 is 1.93 bits per heavy atom. The van der Waals surface area contributed by atoms with Gasteiger partial charge in [0.25, 0.3) is 5.91 Å². The fourth-order valence-corrected chi connectivity index (χ4v) is 3.04. The average Bonchev–Trinajstić information content (AvgIpc) is 2.69. The maximum Gasteiger partial charge on any atom is 0.255 e. The molecule has 0 radical (unpaired) electrons. The molecule has 0 spiro atoms. The molecule has 0 fully saturated rings. The van der Waals surface area contributed by atoms with Crippen LogP contribution in [0.5, 0.6) is 5.75 Å². The van der Waals surface area contributed by atoms with Gasteiger partial charge in [-0.3, -0.25) is 4.79 Å². The van der Waals surface area contributed by atoms with E-state index in [-0.39, 0.29) is 30.6 Å². The molecule has 152 valence electrons. The normalized spacial score (nSPS) is 10.7. The van der Waals surface area contributed by atoms with Crippen LogP contribution in [0.3, 0.4) is 0 Å². The number of aliphatic imine (C=N–C) groups is 1. The summed E-state index contributed by atoms with van der Waals surface area (Å²) in [6.45, 7) is 4.02. The van der Waals surface area contributed by atoms with Gasteiger partial charge in [-0.15, -0.1) is 35.7 Å². The first-order chi connectivity index (χ1) is 13.2. The fraction of sp³-hybridized carbons (Fsp3) is 0.300. The van der Waals surface area contributed by atoms with E-state index in [0.29, 0.717) is 12.3 Å². The van der Waals surface area contributed by atoms with Crippen LogP contribution in [0.15, 0.2) is 64.5 Å². The molecular formula is C20H27IN4O2S. The monoisotopic (exact) mass is 514 g/mol. The molecule has 0 aliphatic heterocycles. The Morgan fingerprint density at radius 1 is 1.14 bits per heavy atom. The highest BCUT2D eigenvalue weighted by atomic mass is 127. The molecule has 0 aliphatic rings. The van der Waals surface area contributed by atoms with Crippen LogP contribution < -0.4 is 21.1 Å². The summed E-state index contributed by atoms with van der Waals surface area (Å²) in [4.78, 5) is 16.7. The van der Waals surface area contributed by atoms with Gasteiger partial charge in [-0.25, -0.2) is 4.99 Å². The minimum Gasteiger partial charge on any atom is -0.484 e. The van der Waals surface area contributed by atoms with E-state index in [1.165, 1.54) is 4.90 Å². The third-order valence-electron chi connectivity index (χ3n) is 3.45. The van der Waals surface area contributed by atoms with Gasteiger partial charge >= 0.3 is 0 Å². The van der Waals surface area contributed by atoms with Gasteiger partial charge in [-0.05, 0) is 36.8 Å². The van der Waals surface area contributed by atoms with E-state index in [1.807, 2.05) is 43.3 Å². The first kappa shape index (κ1) is 24.1. The van der Waals surface area contributed by atoms with E-state index in [9.17, 15) is 4.79 Å². The van der Waals surface area contributed by atoms with Crippen molar-refractivity contribution in [1.29, 1.82) is 0 Å². The number of primary amides is 1. The van der Waals surface area contributed by atoms with Crippen molar-refractivity contribution in [3.63, 3.8) is 0 Å². The number of hydrogen-bond acceptors (Lipinski definition) is 4. The molecule has 2 rings (SSSR count). The van der Waals surface area contributed by atoms with Gasteiger partial charge in [-0.1, -0.05) is 30.3 Å². The van der Waals surface area contributed by atoms with Crippen molar-refractivity contribution in [2.75, 3.05) is 25.4 Å². The van der Waals surface area contributed by atoms with E-state index in [1.54, 1.807) is 17.8 Å². The first-order valence-corrected chi connectivity index (χ1v) is 9.86. The Labute approximate surface area is 187 Å². The Morgan fingerprint density at radius 3 is 2.64 bits per heavy atom. The topological polar surface area (TPSA) is 88.7 Å². The SMILES string of the molecule is CCNC(=NCc1cccc(OCC(N)=O)c1)NCCSc1ccccc1.I. The van der Waals surface area contributed by atoms with Crippen LogP contribution in [-0.2, 0) is 11.3 Å². The number of halogens is 1. The van der Waals surface area contributed by atoms with Crippen LogP contribution >= 0.6 is 35.7 Å². The fourth-order valence-electron chi connectivity index (χ4n) is 2.26. The predicted molar refractivity (Wildman–Crippen MR) is 127 cm³/mol. The number of carbonyl (C=O) groups excluding carboxylic acids is 1. The molecule has 8 heteroatoms. The zero-order valence-corrected chi connectivity index (χ0v) is 19.0. The molecule has 0 atom stereocenters. The molecule has 0 bridgehead atoms. The van der Waals surface area contributed by atoms with Crippen molar-refractivity contribution in [3.8, 4) is 5.75 Å². The van der Waals surface area contributed by atoms with Crippen molar-refractivity contribution in [1.82, 2.24) is 10.6 Å². The maximum atomic E-state index is 10.8. The van der Waals surface area contributed by atoms with Gasteiger partial charge in [0.15, 0.2) is 12.6 Å². The van der Waals surface area contributed by atoms with Gasteiger partial charge < -0.3 is 21.1 Å². The Kier molecular flexibility index (Phi) is 12.1. The molecule has 0 saturated carbocycles. The van der Waals surface area contributed by atoms with E-state index >= 15 is 0 Å². The Balaban J connectivity index is 0.00000392. The number of nitrogens with zero attached hydrogens (tertiary/aromatic N) is 1. The summed E-state index contributed by atoms with van der Waals surface area (Å²) in [5.41, 5.74) is 6.09. The van der Waals surface area contributed by atoms with E-state index in [0.717, 1.165) is 30.4 Å². The number of guanidine groups is 1. The summed E-state index contributed by atoms with van der Waals surface area (Å²) in [5, 5.41) is 6.58. The first-order valence-electron chi connectivity index (χ1n) is 8.87. The summed E-state index contributed by atoms with van der Waals surface area (Å²) in [5.74, 6) is 1.84. The van der Waals surface area contributed by atoms with Gasteiger partial charge in [0.1, 0.15) is 5.75 Å². The lowest BCUT2D eigenvalue weighted by Gasteiger charge is -2.11. The molecule has 6 nitrogen and oxygen atoms in total. The molecule has 0 saturated heterocycles. The van der Waals surface area contributed by atoms with Crippen molar-refractivity contribution in [2.24, 2.45) is 10.7 Å². The zero-order valence-electron chi connectivity index (χ0n) is 15.9. The minimum absolute atomic E-state index is 0. The summed E-state index contributed by atoms with van der Waals surface area (Å²) in [6, 6.07) is 17.8. The number of benzene rings is 2. The number of thioether (sulfide) groups is 1. The summed E-state index contributed by atoms with van der Waals surface area (Å²) in [6.07, 6.45) is 0. The average molecular weight is 514 g/mol. The molecular weight excluding hydrogens is 487 g/mol. The highest BCUT2D eigenvalue weighted by Crippen LogP contribution is 2.16. The largest absolute Gasteiger partial charge is 0.484 e. The second-order valence-corrected chi connectivity index (χ2v) is 6.85. The van der Waals surface area contributed by atoms with Gasteiger partial charge in [0.2, 0.25) is 0 Å². The number of rotatable bonds is 10. The maximum absolute atomic E-state index is 10.8. The Bertz CT molecular complexity index is 744. The molecule has 2 aromatic rings. The van der Waals surface area contributed by atoms with E-state index in [2.05, 4.69) is 27.8 Å². The van der Waals surface area contributed by atoms with Gasteiger partial charge in [0, 0.05) is 23.7 Å². The molecule has 0 heterocycles. The van der Waals surface area contributed by atoms with Crippen LogP contribution in [-0.4, -0.2) is 37.3 Å². The summed E-state index contributed by atoms with van der Waals surface area (Å²) in [7, 11) is 0. The lowest BCUT2D eigenvalue weighted by Crippen LogP contribution is -2.38. The van der Waals surface area contributed by atoms with Crippen LogP contribution in [0.1, 0.15) is 12.5 Å². The number of hydrogen-bond donors (Lipinski definition) is 3. The van der Waals surface area contributed by atoms with Crippen molar-refractivity contribution in [2.45, 2.75) is 18.4 Å². The lowest BCUT2D eigenvalue weighted by molar-refractivity contribution is -0.119. The standard InChI is InChI=1S/C20H26N4O2S.HI/c1-2-22-20(23-11-12-27-18-9-4-3-5-10-18)24-14-16-7-6-8-17(13-16)26-15-19(21)25;/h3-10,13H,2,11-12,14-15H2,1H3,(H2,21,25)(H2,22,23,24);1H. The lowest BCUT2D eigenvalue weighted by atomic mass is 10.2. The molecule has 0 unspecified atom stereocenters. The molecule has 2 aromatic carbocycles. The predicted octanol–water partition coefficient (Wildman–Crippen LogP) is 3.02. The number of ether oxygens (including phenoxy) is 1. The van der Waals surface area contributed by atoms with E-state index in [4.69, 9.17) is 10.5 Å². The molecule has 0 aromatic heterocycles. The summed E-state index contributed by atoms with van der Waals surface area (Å²) >= 11 is 1.81. The van der Waals surface area contributed by atoms with Crippen LogP contribution in [0.25, 0.3) is 0 Å². The van der Waals surface area contributed by atoms with Crippen molar-refractivity contribution >= 4 is 47.6 Å². The third-order valence-corrected chi connectivity index (χ3v) is 4.46. The number of nitrogens with two attached hydrogens (primary N) is 1. The number of carbonyl (C=O) groups is 1. The Hall–Kier alpha value is -1.94. The zero-order chi connectivity index (χ0) is 19.3. The summed E-state index contributed by atoms with van der Waals surface area (Å²) < 4.78 is 5.33. The van der Waals surface area contributed by atoms with E-state index < -0.39 is 5.91 Å². The van der Waals surface area contributed by atoms with Gasteiger partial charge in [0.05, 0.1) is 6.54 Å². The molecule has 28 heavy (non-hydrogen) atoms. The molecule has 1 amide bonds. The third kappa shape index (κ3) is 9.84. The second kappa shape index (κ2) is 14.1. The molecule has 4 N–H and O–H groups in total. The van der Waals surface area contributed by atoms with Crippen molar-refractivity contribution < 1.29 is 9.53 Å². The minimum atomic E-state index is -0.495. The highest BCUT2D eigenvalue weighted by Gasteiger charge is 2.01. The van der Waals surface area contributed by atoms with Crippen LogP contribution in [0.2, 0.25) is 0 Å². The molecule has 0 aliphatic carbocycles. The van der Waals surface area contributed by atoms with Crippen LogP contribution in [0, 0.1) is 0 Å². The van der Waals surface area contributed by atoms with Crippen LogP contribution in [0.4, 0.5) is 0 Å². The smallest absolute Gasteiger partial charge is 0.255 e. The van der Waals surface area contributed by atoms with Gasteiger partial charge in [-0.2, -0.15) is 0 Å². The quantitative estimate of drug-likeness (QED) is 0.149. The number of nitrogens with one attached hydrogen (secondary N) is 2. The second-order valence-electron chi connectivity index (χ2n) is 5.69.